The molecule has 4 fully saturated rings. The molecule has 2 saturated carbocycles. The van der Waals surface area contributed by atoms with Crippen LogP contribution in [0.3, 0.4) is 0 Å². The van der Waals surface area contributed by atoms with E-state index in [1.54, 1.807) is 0 Å². The third kappa shape index (κ3) is 3.91. The highest BCUT2D eigenvalue weighted by Crippen LogP contribution is 2.64. The standard InChI is InChI=1S/C21H26F3N5O4/c1-19(2)12-9-29(18(33)17(32)28-20(4-5-20)21(22,23)24)14(13(12)19)16(31)27-11(8-25)7-10-3-6-26-15(10)30/h10-14H,3-7,9H2,1-2H3,(H,26,30)(H,27,31)(H,28,32)/t10-,11-,12-,13?,14-/m0/s1. The van der Waals surface area contributed by atoms with E-state index in [-0.39, 0.29) is 49.0 Å². The van der Waals surface area contributed by atoms with Gasteiger partial charge >= 0.3 is 18.0 Å². The van der Waals surface area contributed by atoms with Crippen LogP contribution in [0.25, 0.3) is 0 Å². The van der Waals surface area contributed by atoms with E-state index in [1.165, 1.54) is 0 Å². The van der Waals surface area contributed by atoms with Gasteiger partial charge in [0, 0.05) is 19.0 Å². The molecule has 180 valence electrons. The first-order valence-electron chi connectivity index (χ1n) is 11.0. The van der Waals surface area contributed by atoms with E-state index in [4.69, 9.17) is 0 Å². The third-order valence-corrected chi connectivity index (χ3v) is 7.73. The second-order valence-corrected chi connectivity index (χ2v) is 10.1. The summed E-state index contributed by atoms with van der Waals surface area (Å²) in [6.07, 6.45) is -4.60. The van der Waals surface area contributed by atoms with Crippen molar-refractivity contribution in [1.29, 1.82) is 5.26 Å². The second kappa shape index (κ2) is 7.60. The molecule has 33 heavy (non-hydrogen) atoms. The van der Waals surface area contributed by atoms with Crippen LogP contribution in [-0.4, -0.2) is 65.4 Å². The Balaban J connectivity index is 1.46. The van der Waals surface area contributed by atoms with Gasteiger partial charge in [-0.3, -0.25) is 19.2 Å². The Hall–Kier alpha value is -2.84. The fourth-order valence-electron chi connectivity index (χ4n) is 5.36. The smallest absolute Gasteiger partial charge is 0.356 e. The van der Waals surface area contributed by atoms with Crippen LogP contribution in [0.2, 0.25) is 0 Å². The Morgan fingerprint density at radius 1 is 1.30 bits per heavy atom. The molecule has 4 amide bonds. The van der Waals surface area contributed by atoms with Crippen molar-refractivity contribution in [3.05, 3.63) is 0 Å². The fraction of sp³-hybridized carbons (Fsp3) is 0.762. The highest BCUT2D eigenvalue weighted by atomic mass is 19.4. The van der Waals surface area contributed by atoms with Gasteiger partial charge in [-0.15, -0.1) is 0 Å². The van der Waals surface area contributed by atoms with Gasteiger partial charge < -0.3 is 20.9 Å². The number of hydrogen-bond donors (Lipinski definition) is 3. The molecule has 0 spiro atoms. The SMILES string of the molecule is CC1(C)C2[C@@H](C(=O)N[C@H](C#N)C[C@@H]3CCNC3=O)N(C(=O)C(=O)NC3(C(F)(F)F)CC3)C[C@@H]21. The molecule has 4 rings (SSSR count). The highest BCUT2D eigenvalue weighted by molar-refractivity contribution is 6.35. The molecule has 2 heterocycles. The lowest BCUT2D eigenvalue weighted by molar-refractivity contribution is -0.173. The number of halogens is 3. The number of nitriles is 1. The van der Waals surface area contributed by atoms with Crippen molar-refractivity contribution in [3.63, 3.8) is 0 Å². The van der Waals surface area contributed by atoms with E-state index < -0.39 is 47.4 Å². The van der Waals surface area contributed by atoms with Gasteiger partial charge in [0.2, 0.25) is 11.8 Å². The Morgan fingerprint density at radius 2 is 1.97 bits per heavy atom. The predicted octanol–water partition coefficient (Wildman–Crippen LogP) is 0.215. The topological polar surface area (TPSA) is 131 Å². The van der Waals surface area contributed by atoms with Crippen LogP contribution in [-0.2, 0) is 19.2 Å². The molecule has 5 atom stereocenters. The minimum Gasteiger partial charge on any atom is -0.356 e. The lowest BCUT2D eigenvalue weighted by Crippen LogP contribution is -2.57. The quantitative estimate of drug-likeness (QED) is 0.496. The Bertz CT molecular complexity index is 939. The number of nitrogens with one attached hydrogen (secondary N) is 3. The summed E-state index contributed by atoms with van der Waals surface area (Å²) in [6.45, 7) is 4.40. The minimum atomic E-state index is -4.67. The molecule has 0 aromatic rings. The van der Waals surface area contributed by atoms with Gasteiger partial charge in [-0.25, -0.2) is 0 Å². The summed E-state index contributed by atoms with van der Waals surface area (Å²) in [4.78, 5) is 51.1. The lowest BCUT2D eigenvalue weighted by atomic mass is 9.97. The monoisotopic (exact) mass is 469 g/mol. The third-order valence-electron chi connectivity index (χ3n) is 7.73. The van der Waals surface area contributed by atoms with Crippen molar-refractivity contribution in [1.82, 2.24) is 20.9 Å². The van der Waals surface area contributed by atoms with Crippen molar-refractivity contribution >= 4 is 23.6 Å². The van der Waals surface area contributed by atoms with Crippen LogP contribution in [0, 0.1) is 34.5 Å². The number of carbonyl (C=O) groups is 4. The molecule has 4 aliphatic rings. The van der Waals surface area contributed by atoms with Crippen molar-refractivity contribution in [2.75, 3.05) is 13.1 Å². The fourth-order valence-corrected chi connectivity index (χ4v) is 5.36. The molecular weight excluding hydrogens is 443 g/mol. The van der Waals surface area contributed by atoms with Crippen LogP contribution >= 0.6 is 0 Å². The average Bonchev–Trinajstić information content (AvgIpc) is 3.46. The summed E-state index contributed by atoms with van der Waals surface area (Å²) in [5, 5.41) is 16.5. The zero-order chi connectivity index (χ0) is 24.3. The Morgan fingerprint density at radius 3 is 2.48 bits per heavy atom. The summed E-state index contributed by atoms with van der Waals surface area (Å²) in [6, 6.07) is -0.0896. The van der Waals surface area contributed by atoms with E-state index in [0.717, 1.165) is 4.90 Å². The molecule has 1 unspecified atom stereocenters. The van der Waals surface area contributed by atoms with E-state index in [9.17, 15) is 37.6 Å². The van der Waals surface area contributed by atoms with Crippen molar-refractivity contribution in [2.45, 2.75) is 63.3 Å². The van der Waals surface area contributed by atoms with Crippen LogP contribution in [0.4, 0.5) is 13.2 Å². The number of carbonyl (C=O) groups excluding carboxylic acids is 4. The number of rotatable bonds is 5. The molecule has 3 N–H and O–H groups in total. The number of piperidine rings is 1. The van der Waals surface area contributed by atoms with Crippen LogP contribution in [0.5, 0.6) is 0 Å². The predicted molar refractivity (Wildman–Crippen MR) is 106 cm³/mol. The molecule has 9 nitrogen and oxygen atoms in total. The number of nitrogens with zero attached hydrogens (tertiary/aromatic N) is 2. The van der Waals surface area contributed by atoms with Crippen LogP contribution in [0.1, 0.15) is 39.5 Å². The normalized spacial score (nSPS) is 31.6. The number of likely N-dealkylation sites (tertiary alicyclic amines) is 1. The van der Waals surface area contributed by atoms with Crippen molar-refractivity contribution in [3.8, 4) is 6.07 Å². The summed E-state index contributed by atoms with van der Waals surface area (Å²) in [7, 11) is 0. The van der Waals surface area contributed by atoms with Crippen molar-refractivity contribution < 1.29 is 32.3 Å². The number of hydrogen-bond acceptors (Lipinski definition) is 5. The number of amides is 4. The molecule has 0 aromatic heterocycles. The van der Waals surface area contributed by atoms with E-state index in [2.05, 4.69) is 10.6 Å². The van der Waals surface area contributed by atoms with Crippen LogP contribution < -0.4 is 16.0 Å². The van der Waals surface area contributed by atoms with Gasteiger partial charge in [-0.1, -0.05) is 13.8 Å². The summed E-state index contributed by atoms with van der Waals surface area (Å²) >= 11 is 0. The molecule has 12 heteroatoms. The Labute approximate surface area is 188 Å². The van der Waals surface area contributed by atoms with Crippen LogP contribution in [0.15, 0.2) is 0 Å². The summed E-state index contributed by atoms with van der Waals surface area (Å²) in [5.41, 5.74) is -2.67. The molecule has 0 bridgehead atoms. The lowest BCUT2D eigenvalue weighted by Gasteiger charge is -2.31. The van der Waals surface area contributed by atoms with Crippen molar-refractivity contribution in [2.24, 2.45) is 23.2 Å². The maximum Gasteiger partial charge on any atom is 0.411 e. The number of alkyl halides is 3. The molecule has 2 aliphatic carbocycles. The van der Waals surface area contributed by atoms with Gasteiger partial charge in [-0.05, 0) is 42.9 Å². The van der Waals surface area contributed by atoms with Gasteiger partial charge in [0.25, 0.3) is 0 Å². The second-order valence-electron chi connectivity index (χ2n) is 10.1. The first-order chi connectivity index (χ1) is 15.3. The maximum atomic E-state index is 13.2. The van der Waals surface area contributed by atoms with E-state index in [1.807, 2.05) is 25.2 Å². The van der Waals surface area contributed by atoms with Gasteiger partial charge in [0.15, 0.2) is 0 Å². The highest BCUT2D eigenvalue weighted by Gasteiger charge is 2.70. The van der Waals surface area contributed by atoms with Gasteiger partial charge in [0.1, 0.15) is 17.6 Å². The Kier molecular flexibility index (Phi) is 5.37. The summed E-state index contributed by atoms with van der Waals surface area (Å²) < 4.78 is 39.6. The van der Waals surface area contributed by atoms with E-state index in [0.29, 0.717) is 13.0 Å². The first kappa shape index (κ1) is 23.3. The maximum absolute atomic E-state index is 13.2. The van der Waals surface area contributed by atoms with Gasteiger partial charge in [-0.2, -0.15) is 18.4 Å². The molecule has 0 radical (unpaired) electrons. The largest absolute Gasteiger partial charge is 0.411 e. The summed E-state index contributed by atoms with van der Waals surface area (Å²) in [5.74, 6) is -4.18. The first-order valence-corrected chi connectivity index (χ1v) is 11.0. The molecular formula is C21H26F3N5O4. The van der Waals surface area contributed by atoms with Gasteiger partial charge in [0.05, 0.1) is 6.07 Å². The molecule has 2 aliphatic heterocycles. The molecule has 2 saturated heterocycles. The zero-order valence-electron chi connectivity index (χ0n) is 18.3. The number of fused-ring (bicyclic) bond motifs is 1. The zero-order valence-corrected chi connectivity index (χ0v) is 18.3. The van der Waals surface area contributed by atoms with E-state index >= 15 is 0 Å². The minimum absolute atomic E-state index is 0.0727. The molecule has 0 aromatic carbocycles. The average molecular weight is 469 g/mol.